The zero-order chi connectivity index (χ0) is 19.3. The summed E-state index contributed by atoms with van der Waals surface area (Å²) in [5.41, 5.74) is 2.84. The summed E-state index contributed by atoms with van der Waals surface area (Å²) in [6.07, 6.45) is 5.79. The molecule has 3 aromatic heterocycles. The van der Waals surface area contributed by atoms with Crippen molar-refractivity contribution < 1.29 is 9.21 Å². The van der Waals surface area contributed by atoms with Crippen LogP contribution in [0.15, 0.2) is 77.7 Å². The van der Waals surface area contributed by atoms with E-state index in [9.17, 15) is 4.79 Å². The summed E-state index contributed by atoms with van der Waals surface area (Å²) in [6, 6.07) is 16.4. The maximum absolute atomic E-state index is 12.6. The summed E-state index contributed by atoms with van der Waals surface area (Å²) < 4.78 is 7.18. The van der Waals surface area contributed by atoms with Crippen LogP contribution in [0.3, 0.4) is 0 Å². The first kappa shape index (κ1) is 18.0. The fourth-order valence-electron chi connectivity index (χ4n) is 2.83. The number of rotatable bonds is 6. The van der Waals surface area contributed by atoms with Crippen LogP contribution < -0.4 is 5.32 Å². The SMILES string of the molecule is O=C(NCCc1cccnc1)c1cc(-c2ccco2)n(-c2ccc(Cl)cc2)n1. The van der Waals surface area contributed by atoms with Crippen LogP contribution in [0.5, 0.6) is 0 Å². The number of hydrogen-bond acceptors (Lipinski definition) is 4. The number of halogens is 1. The van der Waals surface area contributed by atoms with Crippen LogP contribution in [0.25, 0.3) is 17.1 Å². The molecule has 1 amide bonds. The van der Waals surface area contributed by atoms with Crippen LogP contribution in [0.4, 0.5) is 0 Å². The van der Waals surface area contributed by atoms with Crippen molar-refractivity contribution in [2.75, 3.05) is 6.54 Å². The number of carbonyl (C=O) groups excluding carboxylic acids is 1. The lowest BCUT2D eigenvalue weighted by atomic mass is 10.2. The van der Waals surface area contributed by atoms with Gasteiger partial charge < -0.3 is 9.73 Å². The summed E-state index contributed by atoms with van der Waals surface area (Å²) in [5, 5.41) is 8.01. The molecule has 4 aromatic rings. The first-order valence-corrected chi connectivity index (χ1v) is 9.15. The first-order valence-electron chi connectivity index (χ1n) is 8.78. The number of nitrogens with one attached hydrogen (secondary N) is 1. The normalized spacial score (nSPS) is 10.8. The van der Waals surface area contributed by atoms with E-state index in [1.165, 1.54) is 0 Å². The minimum absolute atomic E-state index is 0.246. The number of benzene rings is 1. The predicted molar refractivity (Wildman–Crippen MR) is 107 cm³/mol. The molecule has 7 heteroatoms. The second-order valence-corrected chi connectivity index (χ2v) is 6.58. The molecule has 0 aliphatic heterocycles. The molecule has 3 heterocycles. The van der Waals surface area contributed by atoms with E-state index in [2.05, 4.69) is 15.4 Å². The van der Waals surface area contributed by atoms with E-state index in [1.54, 1.807) is 47.6 Å². The number of nitrogens with zero attached hydrogens (tertiary/aromatic N) is 3. The van der Waals surface area contributed by atoms with Gasteiger partial charge in [-0.25, -0.2) is 4.68 Å². The van der Waals surface area contributed by atoms with Crippen molar-refractivity contribution in [3.8, 4) is 17.1 Å². The van der Waals surface area contributed by atoms with Crippen LogP contribution in [-0.4, -0.2) is 27.2 Å². The average molecular weight is 393 g/mol. The lowest BCUT2D eigenvalue weighted by molar-refractivity contribution is 0.0948. The third-order valence-electron chi connectivity index (χ3n) is 4.21. The highest BCUT2D eigenvalue weighted by Gasteiger charge is 2.18. The van der Waals surface area contributed by atoms with Gasteiger partial charge in [0.2, 0.25) is 0 Å². The van der Waals surface area contributed by atoms with E-state index in [0.717, 1.165) is 11.3 Å². The fraction of sp³-hybridized carbons (Fsp3) is 0.0952. The molecule has 0 saturated heterocycles. The fourth-order valence-corrected chi connectivity index (χ4v) is 2.95. The number of amides is 1. The highest BCUT2D eigenvalue weighted by molar-refractivity contribution is 6.30. The molecular weight excluding hydrogens is 376 g/mol. The van der Waals surface area contributed by atoms with Crippen LogP contribution in [0.1, 0.15) is 16.1 Å². The molecule has 1 aromatic carbocycles. The molecule has 0 spiro atoms. The van der Waals surface area contributed by atoms with Crippen LogP contribution >= 0.6 is 11.6 Å². The second kappa shape index (κ2) is 8.10. The molecule has 0 fully saturated rings. The van der Waals surface area contributed by atoms with Gasteiger partial charge in [-0.15, -0.1) is 0 Å². The van der Waals surface area contributed by atoms with E-state index in [0.29, 0.717) is 35.1 Å². The molecule has 0 aliphatic carbocycles. The molecule has 0 bridgehead atoms. The van der Waals surface area contributed by atoms with Crippen molar-refractivity contribution in [3.63, 3.8) is 0 Å². The molecule has 28 heavy (non-hydrogen) atoms. The maximum atomic E-state index is 12.6. The van der Waals surface area contributed by atoms with Gasteiger partial charge in [0.1, 0.15) is 5.69 Å². The predicted octanol–water partition coefficient (Wildman–Crippen LogP) is 4.15. The lowest BCUT2D eigenvalue weighted by Gasteiger charge is -2.05. The third kappa shape index (κ3) is 3.97. The van der Waals surface area contributed by atoms with E-state index in [4.69, 9.17) is 16.0 Å². The minimum Gasteiger partial charge on any atom is -0.463 e. The van der Waals surface area contributed by atoms with E-state index in [-0.39, 0.29) is 5.91 Å². The smallest absolute Gasteiger partial charge is 0.271 e. The summed E-state index contributed by atoms with van der Waals surface area (Å²) in [4.78, 5) is 16.7. The zero-order valence-electron chi connectivity index (χ0n) is 14.9. The zero-order valence-corrected chi connectivity index (χ0v) is 15.6. The van der Waals surface area contributed by atoms with Crippen molar-refractivity contribution in [2.45, 2.75) is 6.42 Å². The van der Waals surface area contributed by atoms with Gasteiger partial charge in [0.05, 0.1) is 12.0 Å². The summed E-state index contributed by atoms with van der Waals surface area (Å²) >= 11 is 5.99. The molecular formula is C21H17ClN4O2. The Bertz CT molecular complexity index is 1060. The first-order chi connectivity index (χ1) is 13.7. The van der Waals surface area contributed by atoms with Crippen molar-refractivity contribution in [1.29, 1.82) is 0 Å². The molecule has 0 atom stereocenters. The molecule has 140 valence electrons. The Kier molecular flexibility index (Phi) is 5.21. The molecule has 1 N–H and O–H groups in total. The van der Waals surface area contributed by atoms with Gasteiger partial charge in [0.25, 0.3) is 5.91 Å². The van der Waals surface area contributed by atoms with Gasteiger partial charge in [-0.3, -0.25) is 9.78 Å². The Labute approximate surface area is 166 Å². The van der Waals surface area contributed by atoms with Gasteiger partial charge in [-0.2, -0.15) is 5.10 Å². The molecule has 0 radical (unpaired) electrons. The Morgan fingerprint density at radius 2 is 2.00 bits per heavy atom. The standard InChI is InChI=1S/C21H17ClN4O2/c22-16-5-7-17(8-6-16)26-19(20-4-2-12-28-20)13-18(25-26)21(27)24-11-9-15-3-1-10-23-14-15/h1-8,10,12-14H,9,11H2,(H,24,27). The topological polar surface area (TPSA) is 73.0 Å². The summed E-state index contributed by atoms with van der Waals surface area (Å²) in [5.74, 6) is 0.376. The van der Waals surface area contributed by atoms with Gasteiger partial charge in [-0.1, -0.05) is 17.7 Å². The van der Waals surface area contributed by atoms with E-state index in [1.807, 2.05) is 30.3 Å². The van der Waals surface area contributed by atoms with Crippen molar-refractivity contribution >= 4 is 17.5 Å². The molecule has 0 aliphatic rings. The van der Waals surface area contributed by atoms with Crippen LogP contribution in [-0.2, 0) is 6.42 Å². The number of hydrogen-bond donors (Lipinski definition) is 1. The highest BCUT2D eigenvalue weighted by Crippen LogP contribution is 2.25. The Morgan fingerprint density at radius 1 is 1.14 bits per heavy atom. The van der Waals surface area contributed by atoms with Gasteiger partial charge in [0, 0.05) is 30.0 Å². The van der Waals surface area contributed by atoms with E-state index >= 15 is 0 Å². The Balaban J connectivity index is 1.56. The van der Waals surface area contributed by atoms with Crippen molar-refractivity contribution in [2.24, 2.45) is 0 Å². The van der Waals surface area contributed by atoms with Crippen molar-refractivity contribution in [1.82, 2.24) is 20.1 Å². The molecule has 0 saturated carbocycles. The monoisotopic (exact) mass is 392 g/mol. The largest absolute Gasteiger partial charge is 0.463 e. The van der Waals surface area contributed by atoms with E-state index < -0.39 is 0 Å². The number of aromatic nitrogens is 3. The Morgan fingerprint density at radius 3 is 2.71 bits per heavy atom. The average Bonchev–Trinajstić information content (AvgIpc) is 3.39. The minimum atomic E-state index is -0.246. The van der Waals surface area contributed by atoms with Crippen LogP contribution in [0, 0.1) is 0 Å². The quantitative estimate of drug-likeness (QED) is 0.535. The number of furan rings is 1. The number of carbonyl (C=O) groups is 1. The van der Waals surface area contributed by atoms with Crippen molar-refractivity contribution in [3.05, 3.63) is 89.5 Å². The number of pyridine rings is 1. The second-order valence-electron chi connectivity index (χ2n) is 6.15. The van der Waals surface area contributed by atoms with Crippen LogP contribution in [0.2, 0.25) is 5.02 Å². The third-order valence-corrected chi connectivity index (χ3v) is 4.46. The lowest BCUT2D eigenvalue weighted by Crippen LogP contribution is -2.26. The van der Waals surface area contributed by atoms with Gasteiger partial charge in [0.15, 0.2) is 11.5 Å². The highest BCUT2D eigenvalue weighted by atomic mass is 35.5. The Hall–Kier alpha value is -3.38. The summed E-state index contributed by atoms with van der Waals surface area (Å²) in [6.45, 7) is 0.494. The maximum Gasteiger partial charge on any atom is 0.271 e. The van der Waals surface area contributed by atoms with Gasteiger partial charge in [-0.05, 0) is 54.4 Å². The summed E-state index contributed by atoms with van der Waals surface area (Å²) in [7, 11) is 0. The molecule has 4 rings (SSSR count). The molecule has 6 nitrogen and oxygen atoms in total. The van der Waals surface area contributed by atoms with Gasteiger partial charge >= 0.3 is 0 Å². The molecule has 0 unspecified atom stereocenters.